The third-order valence-corrected chi connectivity index (χ3v) is 5.92. The van der Waals surface area contributed by atoms with Gasteiger partial charge in [0, 0.05) is 12.5 Å². The van der Waals surface area contributed by atoms with E-state index in [4.69, 9.17) is 0 Å². The Hall–Kier alpha value is -2.45. The van der Waals surface area contributed by atoms with Gasteiger partial charge in [0.2, 0.25) is 5.91 Å². The maximum absolute atomic E-state index is 14.2. The largest absolute Gasteiger partial charge is 0.446 e. The molecule has 0 aromatic carbocycles. The number of hydrogen-bond acceptors (Lipinski definition) is 5. The number of nitrogens with zero attached hydrogens (tertiary/aromatic N) is 2. The molecule has 0 bridgehead atoms. The van der Waals surface area contributed by atoms with Gasteiger partial charge in [-0.3, -0.25) is 4.79 Å². The van der Waals surface area contributed by atoms with E-state index in [9.17, 15) is 22.4 Å². The van der Waals surface area contributed by atoms with Crippen molar-refractivity contribution < 1.29 is 22.4 Å². The number of halogens is 4. The van der Waals surface area contributed by atoms with Crippen molar-refractivity contribution in [3.05, 3.63) is 23.9 Å². The van der Waals surface area contributed by atoms with Crippen LogP contribution < -0.4 is 16.0 Å². The van der Waals surface area contributed by atoms with Crippen LogP contribution in [0.4, 0.5) is 23.4 Å². The molecule has 11 heteroatoms. The van der Waals surface area contributed by atoms with Crippen LogP contribution in [0.25, 0.3) is 5.52 Å². The van der Waals surface area contributed by atoms with Crippen LogP contribution in [0.3, 0.4) is 0 Å². The van der Waals surface area contributed by atoms with Crippen LogP contribution in [0.2, 0.25) is 0 Å². The molecule has 166 valence electrons. The second-order valence-corrected chi connectivity index (χ2v) is 8.56. The highest BCUT2D eigenvalue weighted by molar-refractivity contribution is 8.00. The van der Waals surface area contributed by atoms with Crippen molar-refractivity contribution in [3.8, 4) is 11.8 Å². The summed E-state index contributed by atoms with van der Waals surface area (Å²) in [6.45, 7) is 0.889. The first-order chi connectivity index (χ1) is 14.8. The number of alkyl halides is 4. The van der Waals surface area contributed by atoms with E-state index >= 15 is 0 Å². The average molecular weight is 455 g/mol. The van der Waals surface area contributed by atoms with E-state index in [1.165, 1.54) is 10.6 Å². The first kappa shape index (κ1) is 21.8. The minimum atomic E-state index is -4.53. The van der Waals surface area contributed by atoms with E-state index in [2.05, 4.69) is 32.9 Å². The molecule has 2 aromatic rings. The van der Waals surface area contributed by atoms with Gasteiger partial charge in [0.1, 0.15) is 17.7 Å². The number of piperidine rings is 1. The number of thioether (sulfide) groups is 1. The van der Waals surface area contributed by atoms with Crippen molar-refractivity contribution in [2.75, 3.05) is 25.0 Å². The molecule has 0 radical (unpaired) electrons. The number of carbonyl (C=O) groups is 1. The molecule has 0 spiro atoms. The zero-order chi connectivity index (χ0) is 22.0. The Kier molecular flexibility index (Phi) is 6.29. The third-order valence-electron chi connectivity index (χ3n) is 5.08. The third kappa shape index (κ3) is 5.43. The van der Waals surface area contributed by atoms with E-state index in [1.807, 2.05) is 0 Å². The van der Waals surface area contributed by atoms with Gasteiger partial charge < -0.3 is 16.0 Å². The van der Waals surface area contributed by atoms with E-state index in [0.717, 1.165) is 12.8 Å². The van der Waals surface area contributed by atoms with Gasteiger partial charge in [-0.2, -0.15) is 18.3 Å². The Labute approximate surface area is 180 Å². The molecule has 2 fully saturated rings. The van der Waals surface area contributed by atoms with Crippen molar-refractivity contribution in [2.45, 2.75) is 41.9 Å². The molecule has 31 heavy (non-hydrogen) atoms. The summed E-state index contributed by atoms with van der Waals surface area (Å²) in [5.41, 5.74) is -4.34. The summed E-state index contributed by atoms with van der Waals surface area (Å²) in [5.74, 6) is 5.66. The maximum atomic E-state index is 14.2. The first-order valence-electron chi connectivity index (χ1n) is 9.97. The highest BCUT2D eigenvalue weighted by Crippen LogP contribution is 2.41. The lowest BCUT2D eigenvalue weighted by atomic mass is 10.1. The summed E-state index contributed by atoms with van der Waals surface area (Å²) in [7, 11) is 0. The summed E-state index contributed by atoms with van der Waals surface area (Å²) >= 11 is -0.287. The zero-order valence-electron chi connectivity index (χ0n) is 16.4. The van der Waals surface area contributed by atoms with Crippen molar-refractivity contribution >= 4 is 29.0 Å². The summed E-state index contributed by atoms with van der Waals surface area (Å²) in [6.07, 6.45) is 1.11. The fourth-order valence-electron chi connectivity index (χ4n) is 3.38. The lowest BCUT2D eigenvalue weighted by molar-refractivity contribution is -0.122. The summed E-state index contributed by atoms with van der Waals surface area (Å²) < 4.78 is 55.1. The second-order valence-electron chi connectivity index (χ2n) is 7.49. The number of amides is 1. The maximum Gasteiger partial charge on any atom is 0.446 e. The molecule has 2 aliphatic rings. The molecule has 2 aromatic heterocycles. The molecule has 1 amide bonds. The lowest BCUT2D eigenvalue weighted by Crippen LogP contribution is -2.45. The van der Waals surface area contributed by atoms with Gasteiger partial charge in [0.05, 0.1) is 23.0 Å². The monoisotopic (exact) mass is 455 g/mol. The average Bonchev–Trinajstić information content (AvgIpc) is 3.51. The fraction of sp³-hybridized carbons (Fsp3) is 0.500. The molecule has 2 atom stereocenters. The van der Waals surface area contributed by atoms with Crippen LogP contribution in [0.1, 0.15) is 25.0 Å². The number of fused-ring (bicyclic) bond motifs is 1. The fourth-order valence-corrected chi connectivity index (χ4v) is 4.06. The molecule has 3 heterocycles. The molecular formula is C20H21F4N5OS. The predicted molar refractivity (Wildman–Crippen MR) is 110 cm³/mol. The zero-order valence-corrected chi connectivity index (χ0v) is 17.2. The van der Waals surface area contributed by atoms with Gasteiger partial charge in [-0.1, -0.05) is 12.0 Å². The van der Waals surface area contributed by atoms with Crippen LogP contribution in [0.15, 0.2) is 23.1 Å². The van der Waals surface area contributed by atoms with E-state index in [0.29, 0.717) is 18.8 Å². The molecule has 0 unspecified atom stereocenters. The van der Waals surface area contributed by atoms with E-state index in [1.54, 1.807) is 12.1 Å². The van der Waals surface area contributed by atoms with Crippen LogP contribution in [-0.2, 0) is 4.79 Å². The van der Waals surface area contributed by atoms with Gasteiger partial charge in [0.25, 0.3) is 0 Å². The van der Waals surface area contributed by atoms with Crippen LogP contribution in [0.5, 0.6) is 0 Å². The summed E-state index contributed by atoms with van der Waals surface area (Å²) in [6, 6.07) is 4.29. The highest BCUT2D eigenvalue weighted by Gasteiger charge is 2.33. The molecule has 6 nitrogen and oxygen atoms in total. The molecule has 1 saturated heterocycles. The molecule has 4 rings (SSSR count). The quantitative estimate of drug-likeness (QED) is 0.368. The molecular weight excluding hydrogens is 434 g/mol. The SMILES string of the molecule is O=C(NCC#Cc1nn2c(N[C@@H]3CCNC[C@@H]3F)cccc2c1SC(F)(F)F)C1CC1. The Balaban J connectivity index is 1.62. The van der Waals surface area contributed by atoms with Crippen LogP contribution in [-0.4, -0.2) is 52.9 Å². The van der Waals surface area contributed by atoms with Gasteiger partial charge >= 0.3 is 5.51 Å². The standard InChI is InChI=1S/C20H21F4N5OS/c21-13-11-25-10-8-14(13)27-17-5-1-4-16-18(31-20(22,23)24)15(28-29(16)17)3-2-9-26-19(30)12-6-7-12/h1,4-5,12-14,25,27H,6-11H2,(H,26,30)/t13-,14+/m0/s1. The molecule has 1 aliphatic carbocycles. The Morgan fingerprint density at radius 2 is 2.13 bits per heavy atom. The van der Waals surface area contributed by atoms with Gasteiger partial charge in [-0.15, -0.1) is 0 Å². The van der Waals surface area contributed by atoms with Crippen molar-refractivity contribution in [1.82, 2.24) is 20.2 Å². The Morgan fingerprint density at radius 1 is 1.32 bits per heavy atom. The molecule has 1 aliphatic heterocycles. The lowest BCUT2D eigenvalue weighted by Gasteiger charge is -2.28. The normalized spacial score (nSPS) is 21.4. The molecule has 3 N–H and O–H groups in total. The van der Waals surface area contributed by atoms with Gasteiger partial charge in [-0.25, -0.2) is 8.91 Å². The number of rotatable bonds is 5. The van der Waals surface area contributed by atoms with E-state index < -0.39 is 17.7 Å². The van der Waals surface area contributed by atoms with Crippen LogP contribution >= 0.6 is 11.8 Å². The predicted octanol–water partition coefficient (Wildman–Crippen LogP) is 2.94. The van der Waals surface area contributed by atoms with E-state index in [-0.39, 0.29) is 52.8 Å². The van der Waals surface area contributed by atoms with Crippen molar-refractivity contribution in [1.29, 1.82) is 0 Å². The number of aromatic nitrogens is 2. The summed E-state index contributed by atoms with van der Waals surface area (Å²) in [5, 5.41) is 12.9. The number of carbonyl (C=O) groups excluding carboxylic acids is 1. The number of hydrogen-bond donors (Lipinski definition) is 3. The minimum Gasteiger partial charge on any atom is -0.364 e. The minimum absolute atomic E-state index is 0.0243. The smallest absolute Gasteiger partial charge is 0.364 e. The first-order valence-corrected chi connectivity index (χ1v) is 10.8. The highest BCUT2D eigenvalue weighted by atomic mass is 32.2. The summed E-state index contributed by atoms with van der Waals surface area (Å²) in [4.78, 5) is 11.6. The number of anilines is 1. The Bertz CT molecular complexity index is 1020. The number of nitrogens with one attached hydrogen (secondary N) is 3. The van der Waals surface area contributed by atoms with Crippen molar-refractivity contribution in [3.63, 3.8) is 0 Å². The van der Waals surface area contributed by atoms with Crippen LogP contribution in [0, 0.1) is 17.8 Å². The van der Waals surface area contributed by atoms with Gasteiger partial charge in [0.15, 0.2) is 0 Å². The van der Waals surface area contributed by atoms with Gasteiger partial charge in [-0.05, 0) is 55.6 Å². The topological polar surface area (TPSA) is 70.5 Å². The van der Waals surface area contributed by atoms with Crippen molar-refractivity contribution in [2.24, 2.45) is 5.92 Å². The number of pyridine rings is 1. The molecule has 1 saturated carbocycles. The Morgan fingerprint density at radius 3 is 2.84 bits per heavy atom. The second kappa shape index (κ2) is 8.96.